The molecule has 10 heteroatoms. The lowest BCUT2D eigenvalue weighted by molar-refractivity contribution is -0.121. The van der Waals surface area contributed by atoms with Crippen LogP contribution in [-0.2, 0) is 21.2 Å². The Morgan fingerprint density at radius 3 is 2.43 bits per heavy atom. The van der Waals surface area contributed by atoms with E-state index in [0.717, 1.165) is 5.56 Å². The number of amides is 2. The van der Waals surface area contributed by atoms with Crippen LogP contribution in [0, 0.1) is 0 Å². The van der Waals surface area contributed by atoms with Crippen LogP contribution in [0.5, 0.6) is 11.5 Å². The highest BCUT2D eigenvalue weighted by Gasteiger charge is 2.16. The number of sulfonamides is 1. The highest BCUT2D eigenvalue weighted by atomic mass is 32.2. The van der Waals surface area contributed by atoms with Crippen LogP contribution in [-0.4, -0.2) is 34.1 Å². The molecule has 9 nitrogen and oxygen atoms in total. The Labute approximate surface area is 162 Å². The number of hydrazine groups is 1. The summed E-state index contributed by atoms with van der Waals surface area (Å²) in [6, 6.07) is 10.9. The Balaban J connectivity index is 1.47. The van der Waals surface area contributed by atoms with Crippen LogP contribution in [0.25, 0.3) is 0 Å². The van der Waals surface area contributed by atoms with Crippen molar-refractivity contribution in [2.75, 3.05) is 13.8 Å². The van der Waals surface area contributed by atoms with Crippen molar-refractivity contribution >= 4 is 21.8 Å². The molecular formula is C18H19N3O6S. The summed E-state index contributed by atoms with van der Waals surface area (Å²) in [4.78, 5) is 24.2. The third-order valence-electron chi connectivity index (χ3n) is 4.09. The Morgan fingerprint density at radius 2 is 1.71 bits per heavy atom. The van der Waals surface area contributed by atoms with Gasteiger partial charge in [0.2, 0.25) is 22.7 Å². The monoisotopic (exact) mass is 405 g/mol. The Kier molecular flexibility index (Phi) is 5.81. The van der Waals surface area contributed by atoms with Crippen molar-refractivity contribution in [3.05, 3.63) is 53.6 Å². The SMILES string of the molecule is CNS(=O)(=O)c1ccc(CCC(=O)NNC(=O)c2ccc3c(c2)OCO3)cc1. The number of fused-ring (bicyclic) bond motifs is 1. The van der Waals surface area contributed by atoms with Crippen molar-refractivity contribution in [1.82, 2.24) is 15.6 Å². The van der Waals surface area contributed by atoms with E-state index in [1.807, 2.05) is 0 Å². The summed E-state index contributed by atoms with van der Waals surface area (Å²) in [6.07, 6.45) is 0.519. The summed E-state index contributed by atoms with van der Waals surface area (Å²) >= 11 is 0. The Bertz CT molecular complexity index is 989. The van der Waals surface area contributed by atoms with Crippen molar-refractivity contribution in [2.45, 2.75) is 17.7 Å². The molecule has 3 N–H and O–H groups in total. The van der Waals surface area contributed by atoms with Crippen molar-refractivity contribution < 1.29 is 27.5 Å². The van der Waals surface area contributed by atoms with Gasteiger partial charge in [0.25, 0.3) is 5.91 Å². The van der Waals surface area contributed by atoms with Crippen molar-refractivity contribution in [2.24, 2.45) is 0 Å². The summed E-state index contributed by atoms with van der Waals surface area (Å²) in [7, 11) is -2.15. The Morgan fingerprint density at radius 1 is 1.00 bits per heavy atom. The van der Waals surface area contributed by atoms with Gasteiger partial charge >= 0.3 is 0 Å². The number of aryl methyl sites for hydroxylation is 1. The zero-order valence-electron chi connectivity index (χ0n) is 15.0. The smallest absolute Gasteiger partial charge is 0.269 e. The molecule has 0 atom stereocenters. The maximum atomic E-state index is 12.1. The van der Waals surface area contributed by atoms with Crippen LogP contribution < -0.4 is 25.0 Å². The van der Waals surface area contributed by atoms with E-state index in [-0.39, 0.29) is 24.0 Å². The molecule has 0 saturated carbocycles. The lowest BCUT2D eigenvalue weighted by Gasteiger charge is -2.08. The predicted molar refractivity (Wildman–Crippen MR) is 99.2 cm³/mol. The molecule has 2 aromatic carbocycles. The first-order chi connectivity index (χ1) is 13.4. The van der Waals surface area contributed by atoms with Crippen LogP contribution >= 0.6 is 0 Å². The van der Waals surface area contributed by atoms with Crippen LogP contribution in [0.2, 0.25) is 0 Å². The predicted octanol–water partition coefficient (Wildman–Crippen LogP) is 0.717. The zero-order chi connectivity index (χ0) is 20.1. The third-order valence-corrected chi connectivity index (χ3v) is 5.52. The van der Waals surface area contributed by atoms with E-state index in [0.29, 0.717) is 23.5 Å². The van der Waals surface area contributed by atoms with E-state index >= 15 is 0 Å². The first kappa shape index (κ1) is 19.6. The zero-order valence-corrected chi connectivity index (χ0v) is 15.8. The van der Waals surface area contributed by atoms with Gasteiger partial charge in [-0.2, -0.15) is 0 Å². The summed E-state index contributed by atoms with van der Waals surface area (Å²) in [5.74, 6) is 0.186. The molecule has 0 fully saturated rings. The molecule has 0 radical (unpaired) electrons. The van der Waals surface area contributed by atoms with Gasteiger partial charge in [-0.1, -0.05) is 12.1 Å². The second-order valence-corrected chi connectivity index (χ2v) is 7.81. The molecular weight excluding hydrogens is 386 g/mol. The van der Waals surface area contributed by atoms with Crippen LogP contribution in [0.1, 0.15) is 22.3 Å². The molecule has 28 heavy (non-hydrogen) atoms. The molecule has 2 amide bonds. The normalized spacial score (nSPS) is 12.5. The quantitative estimate of drug-likeness (QED) is 0.609. The fraction of sp³-hybridized carbons (Fsp3) is 0.222. The molecule has 1 aliphatic rings. The number of carbonyl (C=O) groups is 2. The lowest BCUT2D eigenvalue weighted by Crippen LogP contribution is -2.41. The van der Waals surface area contributed by atoms with E-state index in [1.54, 1.807) is 24.3 Å². The number of nitrogens with one attached hydrogen (secondary N) is 3. The van der Waals surface area contributed by atoms with Crippen molar-refractivity contribution in [3.63, 3.8) is 0 Å². The van der Waals surface area contributed by atoms with Crippen LogP contribution in [0.15, 0.2) is 47.4 Å². The Hall–Kier alpha value is -3.11. The molecule has 148 valence electrons. The van der Waals surface area contributed by atoms with Gasteiger partial charge in [-0.3, -0.25) is 20.4 Å². The molecule has 0 aromatic heterocycles. The largest absolute Gasteiger partial charge is 0.454 e. The topological polar surface area (TPSA) is 123 Å². The summed E-state index contributed by atoms with van der Waals surface area (Å²) in [6.45, 7) is 0.110. The van der Waals surface area contributed by atoms with Gasteiger partial charge in [0.15, 0.2) is 11.5 Å². The van der Waals surface area contributed by atoms with Gasteiger partial charge in [-0.05, 0) is 49.4 Å². The standard InChI is InChI=1S/C18H19N3O6S/c1-19-28(24,25)14-6-2-12(3-7-14)4-9-17(22)20-21-18(23)13-5-8-15-16(10-13)27-11-26-15/h2-3,5-8,10,19H,4,9,11H2,1H3,(H,20,22)(H,21,23). The third kappa shape index (κ3) is 4.59. The summed E-state index contributed by atoms with van der Waals surface area (Å²) < 4.78 is 36.0. The average molecular weight is 405 g/mol. The highest BCUT2D eigenvalue weighted by Crippen LogP contribution is 2.32. The minimum Gasteiger partial charge on any atom is -0.454 e. The molecule has 0 unspecified atom stereocenters. The lowest BCUT2D eigenvalue weighted by atomic mass is 10.1. The number of carbonyl (C=O) groups excluding carboxylic acids is 2. The van der Waals surface area contributed by atoms with Gasteiger partial charge in [-0.25, -0.2) is 13.1 Å². The maximum Gasteiger partial charge on any atom is 0.269 e. The summed E-state index contributed by atoms with van der Waals surface area (Å²) in [5, 5.41) is 0. The average Bonchev–Trinajstić information content (AvgIpc) is 3.18. The molecule has 0 aliphatic carbocycles. The number of hydrogen-bond acceptors (Lipinski definition) is 6. The molecule has 0 spiro atoms. The fourth-order valence-corrected chi connectivity index (χ4v) is 3.24. The van der Waals surface area contributed by atoms with Gasteiger partial charge in [0.05, 0.1) is 4.90 Å². The van der Waals surface area contributed by atoms with E-state index in [9.17, 15) is 18.0 Å². The second kappa shape index (κ2) is 8.28. The minimum atomic E-state index is -3.49. The van der Waals surface area contributed by atoms with Crippen LogP contribution in [0.4, 0.5) is 0 Å². The first-order valence-corrected chi connectivity index (χ1v) is 9.89. The molecule has 2 aromatic rings. The van der Waals surface area contributed by atoms with E-state index < -0.39 is 15.9 Å². The van der Waals surface area contributed by atoms with Gasteiger partial charge < -0.3 is 9.47 Å². The van der Waals surface area contributed by atoms with E-state index in [2.05, 4.69) is 15.6 Å². The number of benzene rings is 2. The van der Waals surface area contributed by atoms with Gasteiger partial charge in [0, 0.05) is 12.0 Å². The first-order valence-electron chi connectivity index (χ1n) is 8.40. The van der Waals surface area contributed by atoms with Gasteiger partial charge in [0.1, 0.15) is 0 Å². The molecule has 3 rings (SSSR count). The highest BCUT2D eigenvalue weighted by molar-refractivity contribution is 7.89. The van der Waals surface area contributed by atoms with Gasteiger partial charge in [-0.15, -0.1) is 0 Å². The second-order valence-electron chi connectivity index (χ2n) is 5.92. The molecule has 0 bridgehead atoms. The summed E-state index contributed by atoms with van der Waals surface area (Å²) in [5.41, 5.74) is 5.81. The maximum absolute atomic E-state index is 12.1. The molecule has 0 saturated heterocycles. The van der Waals surface area contributed by atoms with E-state index in [1.165, 1.54) is 25.2 Å². The molecule has 1 heterocycles. The van der Waals surface area contributed by atoms with E-state index in [4.69, 9.17) is 9.47 Å². The van der Waals surface area contributed by atoms with Crippen LogP contribution in [0.3, 0.4) is 0 Å². The minimum absolute atomic E-state index is 0.110. The molecule has 1 aliphatic heterocycles. The fourth-order valence-electron chi connectivity index (χ4n) is 2.51. The number of ether oxygens (including phenoxy) is 2. The van der Waals surface area contributed by atoms with Crippen molar-refractivity contribution in [3.8, 4) is 11.5 Å². The number of hydrogen-bond donors (Lipinski definition) is 3. The number of rotatable bonds is 6. The van der Waals surface area contributed by atoms with Crippen molar-refractivity contribution in [1.29, 1.82) is 0 Å².